The van der Waals surface area contributed by atoms with Gasteiger partial charge in [-0.2, -0.15) is 0 Å². The Morgan fingerprint density at radius 1 is 1.47 bits per heavy atom. The predicted octanol–water partition coefficient (Wildman–Crippen LogP) is 1.12. The molecule has 1 fully saturated rings. The van der Waals surface area contributed by atoms with Crippen LogP contribution in [0.4, 0.5) is 0 Å². The first-order chi connectivity index (χ1) is 7.88. The van der Waals surface area contributed by atoms with Gasteiger partial charge < -0.3 is 15.7 Å². The van der Waals surface area contributed by atoms with Crippen LogP contribution in [-0.2, 0) is 4.79 Å². The molecule has 0 spiro atoms. The standard InChI is InChI=1S/C13H26N2O2/c1-13(2,3)11(14)12(17)15-8-5-4-6-10(15)7-9-16/h10-11,16H,4-9,14H2,1-3H3. The van der Waals surface area contributed by atoms with Gasteiger partial charge in [0.1, 0.15) is 0 Å². The van der Waals surface area contributed by atoms with E-state index >= 15 is 0 Å². The first-order valence-electron chi connectivity index (χ1n) is 6.55. The SMILES string of the molecule is CC(C)(C)C(N)C(=O)N1CCCCC1CCO. The number of aliphatic hydroxyl groups excluding tert-OH is 1. The van der Waals surface area contributed by atoms with E-state index in [4.69, 9.17) is 10.8 Å². The molecule has 0 radical (unpaired) electrons. The highest BCUT2D eigenvalue weighted by atomic mass is 16.3. The number of carbonyl (C=O) groups is 1. The molecular weight excluding hydrogens is 216 g/mol. The lowest BCUT2D eigenvalue weighted by atomic mass is 9.85. The molecule has 1 aliphatic heterocycles. The fourth-order valence-electron chi connectivity index (χ4n) is 2.29. The van der Waals surface area contributed by atoms with Gasteiger partial charge in [0.2, 0.25) is 5.91 Å². The van der Waals surface area contributed by atoms with Crippen LogP contribution in [0.15, 0.2) is 0 Å². The maximum atomic E-state index is 12.3. The Kier molecular flexibility index (Phi) is 4.95. The zero-order valence-electron chi connectivity index (χ0n) is 11.3. The molecule has 0 aliphatic carbocycles. The van der Waals surface area contributed by atoms with Gasteiger partial charge in [0.15, 0.2) is 0 Å². The van der Waals surface area contributed by atoms with Crippen LogP contribution >= 0.6 is 0 Å². The Labute approximate surface area is 104 Å². The van der Waals surface area contributed by atoms with Crippen LogP contribution in [0.5, 0.6) is 0 Å². The quantitative estimate of drug-likeness (QED) is 0.779. The lowest BCUT2D eigenvalue weighted by Gasteiger charge is -2.39. The van der Waals surface area contributed by atoms with Crippen molar-refractivity contribution < 1.29 is 9.90 Å². The van der Waals surface area contributed by atoms with Gasteiger partial charge in [0.05, 0.1) is 6.04 Å². The Morgan fingerprint density at radius 3 is 2.65 bits per heavy atom. The summed E-state index contributed by atoms with van der Waals surface area (Å²) >= 11 is 0. The number of amides is 1. The second kappa shape index (κ2) is 5.83. The number of hydrogen-bond donors (Lipinski definition) is 2. The van der Waals surface area contributed by atoms with E-state index in [9.17, 15) is 4.79 Å². The van der Waals surface area contributed by atoms with Crippen molar-refractivity contribution in [2.75, 3.05) is 13.2 Å². The van der Waals surface area contributed by atoms with E-state index in [1.54, 1.807) is 0 Å². The fraction of sp³-hybridized carbons (Fsp3) is 0.923. The monoisotopic (exact) mass is 242 g/mol. The number of piperidine rings is 1. The summed E-state index contributed by atoms with van der Waals surface area (Å²) in [6, 6.07) is -0.281. The fourth-order valence-corrected chi connectivity index (χ4v) is 2.29. The summed E-state index contributed by atoms with van der Waals surface area (Å²) in [5, 5.41) is 9.05. The summed E-state index contributed by atoms with van der Waals surface area (Å²) in [6.07, 6.45) is 3.84. The summed E-state index contributed by atoms with van der Waals surface area (Å²) < 4.78 is 0. The van der Waals surface area contributed by atoms with Gasteiger partial charge in [-0.25, -0.2) is 0 Å². The Morgan fingerprint density at radius 2 is 2.12 bits per heavy atom. The number of aliphatic hydroxyl groups is 1. The van der Waals surface area contributed by atoms with Crippen molar-refractivity contribution in [3.05, 3.63) is 0 Å². The highest BCUT2D eigenvalue weighted by molar-refractivity contribution is 5.82. The smallest absolute Gasteiger partial charge is 0.240 e. The second-order valence-electron chi connectivity index (χ2n) is 6.04. The molecule has 0 bridgehead atoms. The molecular formula is C13H26N2O2. The average molecular weight is 242 g/mol. The Bertz CT molecular complexity index is 259. The molecule has 1 heterocycles. The molecule has 2 atom stereocenters. The molecule has 1 aliphatic rings. The first-order valence-corrected chi connectivity index (χ1v) is 6.55. The third-order valence-electron chi connectivity index (χ3n) is 3.57. The van der Waals surface area contributed by atoms with Gasteiger partial charge in [-0.1, -0.05) is 20.8 Å². The van der Waals surface area contributed by atoms with Gasteiger partial charge in [-0.15, -0.1) is 0 Å². The van der Waals surface area contributed by atoms with E-state index in [1.165, 1.54) is 0 Å². The van der Waals surface area contributed by atoms with E-state index in [1.807, 2.05) is 25.7 Å². The molecule has 0 saturated carbocycles. The molecule has 4 nitrogen and oxygen atoms in total. The van der Waals surface area contributed by atoms with E-state index in [2.05, 4.69) is 0 Å². The number of nitrogens with two attached hydrogens (primary N) is 1. The highest BCUT2D eigenvalue weighted by Crippen LogP contribution is 2.24. The van der Waals surface area contributed by atoms with Crippen molar-refractivity contribution in [2.24, 2.45) is 11.1 Å². The maximum absolute atomic E-state index is 12.3. The van der Waals surface area contributed by atoms with Crippen LogP contribution in [0, 0.1) is 5.41 Å². The summed E-state index contributed by atoms with van der Waals surface area (Å²) in [6.45, 7) is 6.88. The van der Waals surface area contributed by atoms with Gasteiger partial charge in [-0.05, 0) is 31.1 Å². The third-order valence-corrected chi connectivity index (χ3v) is 3.57. The largest absolute Gasteiger partial charge is 0.396 e. The molecule has 1 amide bonds. The lowest BCUT2D eigenvalue weighted by Crippen LogP contribution is -2.55. The van der Waals surface area contributed by atoms with Crippen molar-refractivity contribution in [1.29, 1.82) is 0 Å². The molecule has 1 saturated heterocycles. The highest BCUT2D eigenvalue weighted by Gasteiger charge is 2.34. The minimum absolute atomic E-state index is 0.0376. The molecule has 4 heteroatoms. The van der Waals surface area contributed by atoms with Crippen LogP contribution in [-0.4, -0.2) is 41.1 Å². The number of carbonyl (C=O) groups excluding carboxylic acids is 1. The van der Waals surface area contributed by atoms with Crippen molar-refractivity contribution in [1.82, 2.24) is 4.90 Å². The normalized spacial score (nSPS) is 23.6. The zero-order chi connectivity index (χ0) is 13.1. The van der Waals surface area contributed by atoms with Crippen molar-refractivity contribution in [3.8, 4) is 0 Å². The van der Waals surface area contributed by atoms with Gasteiger partial charge in [0, 0.05) is 19.2 Å². The van der Waals surface area contributed by atoms with Crippen molar-refractivity contribution >= 4 is 5.91 Å². The van der Waals surface area contributed by atoms with Crippen LogP contribution in [0.25, 0.3) is 0 Å². The van der Waals surface area contributed by atoms with Gasteiger partial charge in [0.25, 0.3) is 0 Å². The topological polar surface area (TPSA) is 66.6 Å². The molecule has 0 aromatic rings. The van der Waals surface area contributed by atoms with Crippen LogP contribution in [0.2, 0.25) is 0 Å². The summed E-state index contributed by atoms with van der Waals surface area (Å²) in [5.41, 5.74) is 5.82. The number of hydrogen-bond acceptors (Lipinski definition) is 3. The molecule has 0 aromatic heterocycles. The number of nitrogens with zero attached hydrogens (tertiary/aromatic N) is 1. The van der Waals surface area contributed by atoms with Gasteiger partial charge in [-0.3, -0.25) is 4.79 Å². The summed E-state index contributed by atoms with van der Waals surface area (Å²) in [7, 11) is 0. The number of rotatable bonds is 3. The van der Waals surface area contributed by atoms with E-state index in [0.717, 1.165) is 25.8 Å². The van der Waals surface area contributed by atoms with E-state index in [-0.39, 0.29) is 24.0 Å². The first kappa shape index (κ1) is 14.5. The maximum Gasteiger partial charge on any atom is 0.240 e. The summed E-state index contributed by atoms with van der Waals surface area (Å²) in [5.74, 6) is 0.0376. The zero-order valence-corrected chi connectivity index (χ0v) is 11.3. The molecule has 1 rings (SSSR count). The van der Waals surface area contributed by atoms with E-state index in [0.29, 0.717) is 6.42 Å². The summed E-state index contributed by atoms with van der Waals surface area (Å²) in [4.78, 5) is 14.2. The van der Waals surface area contributed by atoms with Crippen LogP contribution in [0.3, 0.4) is 0 Å². The Balaban J connectivity index is 2.71. The molecule has 3 N–H and O–H groups in total. The molecule has 100 valence electrons. The second-order valence-corrected chi connectivity index (χ2v) is 6.04. The van der Waals surface area contributed by atoms with Crippen molar-refractivity contribution in [3.63, 3.8) is 0 Å². The van der Waals surface area contributed by atoms with Crippen molar-refractivity contribution in [2.45, 2.75) is 58.5 Å². The van der Waals surface area contributed by atoms with Crippen LogP contribution in [0.1, 0.15) is 46.5 Å². The number of likely N-dealkylation sites (tertiary alicyclic amines) is 1. The average Bonchev–Trinajstić information content (AvgIpc) is 2.27. The minimum Gasteiger partial charge on any atom is -0.396 e. The predicted molar refractivity (Wildman–Crippen MR) is 68.5 cm³/mol. The third kappa shape index (κ3) is 3.68. The molecule has 2 unspecified atom stereocenters. The van der Waals surface area contributed by atoms with E-state index < -0.39 is 6.04 Å². The Hall–Kier alpha value is -0.610. The minimum atomic E-state index is -0.457. The molecule has 17 heavy (non-hydrogen) atoms. The lowest BCUT2D eigenvalue weighted by molar-refractivity contribution is -0.139. The van der Waals surface area contributed by atoms with Gasteiger partial charge >= 0.3 is 0 Å². The van der Waals surface area contributed by atoms with Crippen LogP contribution < -0.4 is 5.73 Å². The molecule has 0 aromatic carbocycles.